The van der Waals surface area contributed by atoms with Crippen LogP contribution in [0.1, 0.15) is 49.3 Å². The molecule has 172 valence electrons. The van der Waals surface area contributed by atoms with Crippen molar-refractivity contribution >= 4 is 35.0 Å². The molecule has 1 saturated carbocycles. The van der Waals surface area contributed by atoms with Gasteiger partial charge in [0, 0.05) is 28.2 Å². The molecule has 0 aromatic heterocycles. The maximum Gasteiger partial charge on any atom is 0.261 e. The van der Waals surface area contributed by atoms with Crippen LogP contribution in [-0.4, -0.2) is 35.4 Å². The molecular formula is C25H30Cl2N2O3. The van der Waals surface area contributed by atoms with Crippen molar-refractivity contribution in [2.24, 2.45) is 0 Å². The summed E-state index contributed by atoms with van der Waals surface area (Å²) >= 11 is 12.7. The van der Waals surface area contributed by atoms with Gasteiger partial charge in [-0.25, -0.2) is 0 Å². The number of aryl methyl sites for hydroxylation is 1. The predicted molar refractivity (Wildman–Crippen MR) is 128 cm³/mol. The second kappa shape index (κ2) is 11.1. The highest BCUT2D eigenvalue weighted by Crippen LogP contribution is 2.27. The van der Waals surface area contributed by atoms with Gasteiger partial charge in [-0.2, -0.15) is 0 Å². The molecule has 2 aromatic rings. The quantitative estimate of drug-likeness (QED) is 0.549. The van der Waals surface area contributed by atoms with Gasteiger partial charge in [-0.05, 0) is 62.9 Å². The minimum absolute atomic E-state index is 0.118. The molecule has 0 heterocycles. The topological polar surface area (TPSA) is 58.6 Å². The smallest absolute Gasteiger partial charge is 0.261 e. The number of nitrogens with one attached hydrogen (secondary N) is 1. The average molecular weight is 477 g/mol. The largest absolute Gasteiger partial charge is 0.483 e. The third-order valence-corrected chi connectivity index (χ3v) is 6.87. The van der Waals surface area contributed by atoms with Crippen molar-refractivity contribution in [3.05, 3.63) is 63.1 Å². The van der Waals surface area contributed by atoms with E-state index in [-0.39, 0.29) is 31.0 Å². The molecule has 2 amide bonds. The highest BCUT2D eigenvalue weighted by atomic mass is 35.5. The van der Waals surface area contributed by atoms with Crippen LogP contribution in [0.5, 0.6) is 5.75 Å². The van der Waals surface area contributed by atoms with E-state index in [1.807, 2.05) is 32.0 Å². The van der Waals surface area contributed by atoms with Crippen LogP contribution in [0.15, 0.2) is 36.4 Å². The molecule has 0 radical (unpaired) electrons. The number of carbonyl (C=O) groups is 2. The minimum atomic E-state index is -0.697. The monoisotopic (exact) mass is 476 g/mol. The Morgan fingerprint density at radius 1 is 1.09 bits per heavy atom. The third kappa shape index (κ3) is 5.96. The Balaban J connectivity index is 1.79. The number of hydrogen-bond acceptors (Lipinski definition) is 3. The molecule has 1 N–H and O–H groups in total. The van der Waals surface area contributed by atoms with Crippen LogP contribution in [0, 0.1) is 13.8 Å². The number of rotatable bonds is 8. The van der Waals surface area contributed by atoms with Gasteiger partial charge in [0.05, 0.1) is 0 Å². The van der Waals surface area contributed by atoms with Gasteiger partial charge in [0.15, 0.2) is 6.61 Å². The van der Waals surface area contributed by atoms with Crippen molar-refractivity contribution in [1.82, 2.24) is 10.2 Å². The maximum absolute atomic E-state index is 13.3. The number of carbonyl (C=O) groups excluding carboxylic acids is 2. The molecule has 1 fully saturated rings. The van der Waals surface area contributed by atoms with E-state index in [2.05, 4.69) is 5.32 Å². The van der Waals surface area contributed by atoms with Gasteiger partial charge in [0.1, 0.15) is 11.8 Å². The van der Waals surface area contributed by atoms with E-state index in [0.717, 1.165) is 36.8 Å². The predicted octanol–water partition coefficient (Wildman–Crippen LogP) is 5.47. The molecule has 5 nitrogen and oxygen atoms in total. The van der Waals surface area contributed by atoms with E-state index in [4.69, 9.17) is 27.9 Å². The number of ether oxygens (including phenoxy) is 1. The van der Waals surface area contributed by atoms with E-state index in [1.165, 1.54) is 4.90 Å². The number of benzene rings is 2. The van der Waals surface area contributed by atoms with Crippen LogP contribution in [-0.2, 0) is 16.1 Å². The first kappa shape index (κ1) is 24.4. The van der Waals surface area contributed by atoms with E-state index < -0.39 is 6.04 Å². The first-order chi connectivity index (χ1) is 15.3. The van der Waals surface area contributed by atoms with Gasteiger partial charge >= 0.3 is 0 Å². The van der Waals surface area contributed by atoms with Crippen LogP contribution < -0.4 is 10.1 Å². The fourth-order valence-electron chi connectivity index (χ4n) is 3.93. The minimum Gasteiger partial charge on any atom is -0.483 e. The third-order valence-electron chi connectivity index (χ3n) is 6.17. The molecule has 1 aliphatic carbocycles. The molecule has 32 heavy (non-hydrogen) atoms. The van der Waals surface area contributed by atoms with Gasteiger partial charge in [-0.3, -0.25) is 9.59 Å². The zero-order valence-corrected chi connectivity index (χ0v) is 20.3. The second-order valence-corrected chi connectivity index (χ2v) is 9.19. The lowest BCUT2D eigenvalue weighted by atomic mass is 10.1. The normalized spacial score (nSPS) is 14.8. The summed E-state index contributed by atoms with van der Waals surface area (Å²) in [5.41, 5.74) is 2.67. The molecular weight excluding hydrogens is 447 g/mol. The lowest BCUT2D eigenvalue weighted by molar-refractivity contribution is -0.142. The molecule has 0 aliphatic heterocycles. The molecule has 0 spiro atoms. The SMILES string of the molecule is Cc1cccc(OCC(=O)N(Cc2c(Cl)cccc2Cl)[C@@H](C)C(=O)NC2CCCC2)c1C. The van der Waals surface area contributed by atoms with Gasteiger partial charge in [0.25, 0.3) is 5.91 Å². The fourth-order valence-corrected chi connectivity index (χ4v) is 4.45. The number of amides is 2. The van der Waals surface area contributed by atoms with Crippen molar-refractivity contribution in [2.75, 3.05) is 6.61 Å². The highest BCUT2D eigenvalue weighted by Gasteiger charge is 2.29. The van der Waals surface area contributed by atoms with Gasteiger partial charge in [-0.1, -0.05) is 54.2 Å². The van der Waals surface area contributed by atoms with Crippen molar-refractivity contribution < 1.29 is 14.3 Å². The van der Waals surface area contributed by atoms with Crippen LogP contribution in [0.3, 0.4) is 0 Å². The molecule has 0 unspecified atom stereocenters. The Hall–Kier alpha value is -2.24. The van der Waals surface area contributed by atoms with E-state index >= 15 is 0 Å². The van der Waals surface area contributed by atoms with Crippen LogP contribution in [0.25, 0.3) is 0 Å². The number of nitrogens with zero attached hydrogens (tertiary/aromatic N) is 1. The molecule has 0 bridgehead atoms. The zero-order chi connectivity index (χ0) is 23.3. The Labute approximate surface area is 200 Å². The Kier molecular flexibility index (Phi) is 8.44. The van der Waals surface area contributed by atoms with E-state index in [1.54, 1.807) is 25.1 Å². The lowest BCUT2D eigenvalue weighted by Gasteiger charge is -2.30. The summed E-state index contributed by atoms with van der Waals surface area (Å²) in [5.74, 6) is 0.160. The van der Waals surface area contributed by atoms with Gasteiger partial charge in [-0.15, -0.1) is 0 Å². The summed E-state index contributed by atoms with van der Waals surface area (Å²) in [7, 11) is 0. The number of halogens is 2. The second-order valence-electron chi connectivity index (χ2n) is 8.37. The van der Waals surface area contributed by atoms with Crippen molar-refractivity contribution in [3.63, 3.8) is 0 Å². The zero-order valence-electron chi connectivity index (χ0n) is 18.8. The van der Waals surface area contributed by atoms with Gasteiger partial charge < -0.3 is 15.0 Å². The summed E-state index contributed by atoms with van der Waals surface area (Å²) in [6, 6.07) is 10.4. The number of hydrogen-bond donors (Lipinski definition) is 1. The summed E-state index contributed by atoms with van der Waals surface area (Å²) in [6.07, 6.45) is 4.17. The first-order valence-corrected chi connectivity index (χ1v) is 11.7. The molecule has 2 aromatic carbocycles. The van der Waals surface area contributed by atoms with Crippen molar-refractivity contribution in [1.29, 1.82) is 0 Å². The molecule has 1 atom stereocenters. The standard InChI is InChI=1S/C25H30Cl2N2O3/c1-16-8-6-13-23(17(16)2)32-15-24(30)29(14-20-21(26)11-7-12-22(20)27)18(3)25(31)28-19-9-4-5-10-19/h6-8,11-13,18-19H,4-5,9-10,14-15H2,1-3H3,(H,28,31)/t18-/m0/s1. The Bertz CT molecular complexity index is 953. The fraction of sp³-hybridized carbons (Fsp3) is 0.440. The lowest BCUT2D eigenvalue weighted by Crippen LogP contribution is -2.50. The Morgan fingerprint density at radius 3 is 2.38 bits per heavy atom. The summed E-state index contributed by atoms with van der Waals surface area (Å²) < 4.78 is 5.83. The van der Waals surface area contributed by atoms with Crippen LogP contribution in [0.2, 0.25) is 10.0 Å². The van der Waals surface area contributed by atoms with E-state index in [0.29, 0.717) is 21.4 Å². The first-order valence-electron chi connectivity index (χ1n) is 11.0. The average Bonchev–Trinajstić information content (AvgIpc) is 3.27. The van der Waals surface area contributed by atoms with Crippen molar-refractivity contribution in [2.45, 2.75) is 65.1 Å². The highest BCUT2D eigenvalue weighted by molar-refractivity contribution is 6.36. The molecule has 0 saturated heterocycles. The maximum atomic E-state index is 13.3. The van der Waals surface area contributed by atoms with E-state index in [9.17, 15) is 9.59 Å². The van der Waals surface area contributed by atoms with Gasteiger partial charge in [0.2, 0.25) is 5.91 Å². The summed E-state index contributed by atoms with van der Waals surface area (Å²) in [6.45, 7) is 5.60. The summed E-state index contributed by atoms with van der Waals surface area (Å²) in [5, 5.41) is 3.99. The Morgan fingerprint density at radius 2 is 1.72 bits per heavy atom. The molecule has 1 aliphatic rings. The van der Waals surface area contributed by atoms with Crippen molar-refractivity contribution in [3.8, 4) is 5.75 Å². The molecule has 3 rings (SSSR count). The summed E-state index contributed by atoms with van der Waals surface area (Å²) in [4.78, 5) is 27.7. The molecule has 7 heteroatoms. The van der Waals surface area contributed by atoms with Crippen LogP contribution >= 0.6 is 23.2 Å². The van der Waals surface area contributed by atoms with Crippen LogP contribution in [0.4, 0.5) is 0 Å².